The van der Waals surface area contributed by atoms with Crippen molar-refractivity contribution in [3.63, 3.8) is 0 Å². The summed E-state index contributed by atoms with van der Waals surface area (Å²) in [5.41, 5.74) is 1.88. The molecule has 0 spiro atoms. The van der Waals surface area contributed by atoms with Crippen LogP contribution in [0.15, 0.2) is 42.5 Å². The van der Waals surface area contributed by atoms with E-state index in [1.54, 1.807) is 23.1 Å². The van der Waals surface area contributed by atoms with E-state index in [0.717, 1.165) is 24.0 Å². The molecule has 0 radical (unpaired) electrons. The molecule has 0 fully saturated rings. The second kappa shape index (κ2) is 12.0. The van der Waals surface area contributed by atoms with Crippen molar-refractivity contribution < 1.29 is 16.8 Å². The first-order valence-corrected chi connectivity index (χ1v) is 12.9. The first-order valence-electron chi connectivity index (χ1n) is 12.9. The first kappa shape index (κ1) is 26.9. The summed E-state index contributed by atoms with van der Waals surface area (Å²) in [5, 5.41) is 18.7. The molecule has 1 aliphatic heterocycles. The molecule has 0 bridgehead atoms. The van der Waals surface area contributed by atoms with Crippen molar-refractivity contribution in [2.45, 2.75) is 52.5 Å². The molecule has 3 N–H and O–H groups in total. The van der Waals surface area contributed by atoms with Gasteiger partial charge in [0.15, 0.2) is 0 Å². The average Bonchev–Trinajstić information content (AvgIpc) is 3.73. The lowest BCUT2D eigenvalue weighted by atomic mass is 9.96. The molecule has 1 aromatic carbocycles. The number of fused-ring (bicyclic) bond motifs is 1. The van der Waals surface area contributed by atoms with Crippen LogP contribution in [0.1, 0.15) is 69.6 Å². The normalized spacial score (nSPS) is 13.9. The maximum Gasteiger partial charge on any atom is 0.259 e. The Morgan fingerprint density at radius 2 is 1.97 bits per heavy atom. The van der Waals surface area contributed by atoms with Gasteiger partial charge >= 0.3 is 0 Å². The summed E-state index contributed by atoms with van der Waals surface area (Å²) in [6.07, 6.45) is 7.40. The van der Waals surface area contributed by atoms with Crippen LogP contribution in [0.5, 0.6) is 0 Å². The van der Waals surface area contributed by atoms with Gasteiger partial charge in [0.1, 0.15) is 17.3 Å². The lowest BCUT2D eigenvalue weighted by Gasteiger charge is -2.29. The van der Waals surface area contributed by atoms with Gasteiger partial charge in [0.2, 0.25) is 5.91 Å². The number of nitrogens with zero attached hydrogens (tertiary/aromatic N) is 2. The first-order chi connectivity index (χ1) is 18.2. The van der Waals surface area contributed by atoms with Crippen molar-refractivity contribution >= 4 is 29.1 Å². The number of benzene rings is 1. The van der Waals surface area contributed by atoms with Gasteiger partial charge in [-0.3, -0.25) is 20.4 Å². The van der Waals surface area contributed by atoms with E-state index in [9.17, 15) is 14.0 Å². The van der Waals surface area contributed by atoms with Crippen molar-refractivity contribution in [2.75, 3.05) is 11.9 Å². The van der Waals surface area contributed by atoms with Crippen LogP contribution in [-0.4, -0.2) is 39.7 Å². The summed E-state index contributed by atoms with van der Waals surface area (Å²) in [4.78, 5) is 31.6. The van der Waals surface area contributed by atoms with Gasteiger partial charge in [0.25, 0.3) is 5.91 Å². The van der Waals surface area contributed by atoms with Crippen molar-refractivity contribution in [3.05, 3.63) is 70.7 Å². The van der Waals surface area contributed by atoms with E-state index < -0.39 is 11.7 Å². The van der Waals surface area contributed by atoms with E-state index >= 15 is 0 Å². The Labute approximate surface area is 225 Å². The largest absolute Gasteiger partial charge is 0.338 e. The molecule has 2 heterocycles. The molecule has 38 heavy (non-hydrogen) atoms. The summed E-state index contributed by atoms with van der Waals surface area (Å²) >= 11 is 0. The SMILES string of the molecule is CC(C)CCC(=N)C#CC(=N)c1cccc(NC(=O)c2cc3c(cc2F)CCN(C(=O)CCC2C=C2)C3)n1.[HH].[HH]. The van der Waals surface area contributed by atoms with Crippen LogP contribution in [0, 0.1) is 40.3 Å². The topological polar surface area (TPSA) is 110 Å². The number of allylic oxidation sites excluding steroid dienone is 2. The molecule has 8 heteroatoms. The standard InChI is InChI=1S/C30H32FN5O2.2H2/c1-19(2)6-10-23(32)11-12-26(33)27-4-3-5-28(34-27)35-30(38)24-16-22-18-36(15-14-21(22)17-25(24)31)29(37)13-9-20-7-8-20;;/h3-5,7-8,16-17,19-20,32-33H,6,9-10,13-15,18H2,1-2H3,(H,34,35,38);2*1H. The smallest absolute Gasteiger partial charge is 0.259 e. The third kappa shape index (κ3) is 7.22. The minimum Gasteiger partial charge on any atom is -0.338 e. The summed E-state index contributed by atoms with van der Waals surface area (Å²) in [7, 11) is 0. The number of nitrogens with one attached hydrogen (secondary N) is 3. The molecule has 0 saturated carbocycles. The van der Waals surface area contributed by atoms with Crippen LogP contribution in [-0.2, 0) is 17.8 Å². The minimum atomic E-state index is -0.661. The van der Waals surface area contributed by atoms with E-state index in [1.807, 2.05) is 0 Å². The number of rotatable bonds is 9. The highest BCUT2D eigenvalue weighted by Gasteiger charge is 2.25. The van der Waals surface area contributed by atoms with Crippen molar-refractivity contribution in [2.24, 2.45) is 11.8 Å². The minimum absolute atomic E-state index is 0. The third-order valence-corrected chi connectivity index (χ3v) is 6.61. The average molecular weight is 518 g/mol. The van der Waals surface area contributed by atoms with Gasteiger partial charge in [-0.25, -0.2) is 9.37 Å². The van der Waals surface area contributed by atoms with Gasteiger partial charge < -0.3 is 10.2 Å². The molecule has 2 aliphatic rings. The van der Waals surface area contributed by atoms with E-state index in [1.165, 1.54) is 12.1 Å². The molecule has 0 unspecified atom stereocenters. The van der Waals surface area contributed by atoms with Gasteiger partial charge in [-0.1, -0.05) is 32.1 Å². The Kier molecular flexibility index (Phi) is 8.47. The summed E-state index contributed by atoms with van der Waals surface area (Å²) in [6.45, 7) is 5.04. The number of aromatic nitrogens is 1. The van der Waals surface area contributed by atoms with E-state index in [4.69, 9.17) is 10.8 Å². The van der Waals surface area contributed by atoms with Crippen LogP contribution in [0.25, 0.3) is 0 Å². The van der Waals surface area contributed by atoms with E-state index in [-0.39, 0.29) is 37.3 Å². The molecule has 1 aliphatic carbocycles. The van der Waals surface area contributed by atoms with E-state index in [0.29, 0.717) is 44.2 Å². The highest BCUT2D eigenvalue weighted by molar-refractivity contribution is 6.14. The highest BCUT2D eigenvalue weighted by atomic mass is 19.1. The zero-order chi connectivity index (χ0) is 27.2. The van der Waals surface area contributed by atoms with Crippen LogP contribution >= 0.6 is 0 Å². The number of pyridine rings is 1. The maximum atomic E-state index is 14.9. The van der Waals surface area contributed by atoms with E-state index in [2.05, 4.69) is 48.1 Å². The fourth-order valence-electron chi connectivity index (χ4n) is 4.21. The van der Waals surface area contributed by atoms with Gasteiger partial charge in [0, 0.05) is 22.4 Å². The molecule has 2 aromatic rings. The van der Waals surface area contributed by atoms with Crippen LogP contribution in [0.4, 0.5) is 10.2 Å². The molecule has 7 nitrogen and oxygen atoms in total. The lowest BCUT2D eigenvalue weighted by molar-refractivity contribution is -0.132. The van der Waals surface area contributed by atoms with Gasteiger partial charge in [-0.2, -0.15) is 0 Å². The molecule has 0 atom stereocenters. The highest BCUT2D eigenvalue weighted by Crippen LogP contribution is 2.26. The van der Waals surface area contributed by atoms with Crippen molar-refractivity contribution in [1.82, 2.24) is 9.88 Å². The molecule has 4 rings (SSSR count). The Morgan fingerprint density at radius 1 is 1.18 bits per heavy atom. The van der Waals surface area contributed by atoms with Crippen LogP contribution in [0.2, 0.25) is 0 Å². The molecule has 1 aromatic heterocycles. The van der Waals surface area contributed by atoms with Crippen LogP contribution in [0.3, 0.4) is 0 Å². The quantitative estimate of drug-likeness (QED) is 0.227. The van der Waals surface area contributed by atoms with Gasteiger partial charge in [0.05, 0.1) is 17.0 Å². The predicted octanol–water partition coefficient (Wildman–Crippen LogP) is 5.64. The fourth-order valence-corrected chi connectivity index (χ4v) is 4.21. The Bertz CT molecular complexity index is 1370. The van der Waals surface area contributed by atoms with Crippen molar-refractivity contribution in [1.29, 1.82) is 10.8 Å². The Balaban J connectivity index is 0.00000280. The number of anilines is 1. The van der Waals surface area contributed by atoms with Gasteiger partial charge in [-0.05, 0) is 84.8 Å². The summed E-state index contributed by atoms with van der Waals surface area (Å²) in [6, 6.07) is 7.67. The number of hydrogen-bond acceptors (Lipinski definition) is 5. The van der Waals surface area contributed by atoms with Crippen LogP contribution < -0.4 is 5.32 Å². The summed E-state index contributed by atoms with van der Waals surface area (Å²) < 4.78 is 14.9. The molecular formula is C30H36FN5O2. The van der Waals surface area contributed by atoms with Crippen molar-refractivity contribution in [3.8, 4) is 11.8 Å². The van der Waals surface area contributed by atoms with Gasteiger partial charge in [-0.15, -0.1) is 0 Å². The summed E-state index contributed by atoms with van der Waals surface area (Å²) in [5.74, 6) is 5.18. The zero-order valence-electron chi connectivity index (χ0n) is 21.7. The number of hydrogen-bond donors (Lipinski definition) is 3. The molecular weight excluding hydrogens is 481 g/mol. The number of halogens is 1. The Morgan fingerprint density at radius 3 is 2.71 bits per heavy atom. The predicted molar refractivity (Wildman–Crippen MR) is 150 cm³/mol. The fraction of sp³-hybridized carbons (Fsp3) is 0.367. The maximum absolute atomic E-state index is 14.9. The molecule has 2 amide bonds. The second-order valence-corrected chi connectivity index (χ2v) is 10.2. The number of carbonyl (C=O) groups is 2. The lowest BCUT2D eigenvalue weighted by Crippen LogP contribution is -2.36. The number of carbonyl (C=O) groups excluding carboxylic acids is 2. The number of amides is 2. The zero-order valence-corrected chi connectivity index (χ0v) is 21.7. The molecule has 200 valence electrons. The molecule has 0 saturated heterocycles. The Hall–Kier alpha value is -4.12. The monoisotopic (exact) mass is 517 g/mol. The third-order valence-electron chi connectivity index (χ3n) is 6.61. The second-order valence-electron chi connectivity index (χ2n) is 10.2.